The molecule has 4 aromatic rings. The van der Waals surface area contributed by atoms with Crippen molar-refractivity contribution in [3.8, 4) is 11.5 Å². The molecule has 0 N–H and O–H groups in total. The van der Waals surface area contributed by atoms with Crippen LogP contribution >= 0.6 is 11.8 Å². The van der Waals surface area contributed by atoms with Crippen molar-refractivity contribution in [1.29, 1.82) is 0 Å². The van der Waals surface area contributed by atoms with E-state index in [4.69, 9.17) is 9.15 Å². The molecule has 1 aliphatic heterocycles. The molecule has 1 atom stereocenters. The summed E-state index contributed by atoms with van der Waals surface area (Å²) >= 11 is 1.05. The first-order chi connectivity index (χ1) is 18.4. The van der Waals surface area contributed by atoms with Crippen molar-refractivity contribution in [2.24, 2.45) is 0 Å². The summed E-state index contributed by atoms with van der Waals surface area (Å²) in [5.74, 6) is -0.576. The molecule has 10 nitrogen and oxygen atoms in total. The number of esters is 1. The fourth-order valence-electron chi connectivity index (χ4n) is 3.79. The number of nitrogens with zero attached hydrogens (tertiary/aromatic N) is 4. The molecule has 1 aliphatic rings. The largest absolute Gasteiger partial charge is 0.460 e. The van der Waals surface area contributed by atoms with Crippen LogP contribution in [0.4, 0.5) is 5.69 Å². The number of ether oxygens (including phenoxy) is 1. The van der Waals surface area contributed by atoms with Gasteiger partial charge >= 0.3 is 5.97 Å². The highest BCUT2D eigenvalue weighted by Gasteiger charge is 2.40. The molecule has 38 heavy (non-hydrogen) atoms. The summed E-state index contributed by atoms with van der Waals surface area (Å²) in [5, 5.41) is 7.42. The van der Waals surface area contributed by atoms with Gasteiger partial charge in [-0.2, -0.15) is 5.10 Å². The highest BCUT2D eigenvalue weighted by Crippen LogP contribution is 2.33. The zero-order chi connectivity index (χ0) is 26.6. The predicted molar refractivity (Wildman–Crippen MR) is 137 cm³/mol. The van der Waals surface area contributed by atoms with E-state index in [1.807, 2.05) is 6.92 Å². The smallest absolute Gasteiger partial charge is 0.338 e. The molecule has 0 aliphatic carbocycles. The van der Waals surface area contributed by atoms with Crippen molar-refractivity contribution in [1.82, 2.24) is 15.2 Å². The number of ketones is 1. The van der Waals surface area contributed by atoms with Crippen molar-refractivity contribution in [2.45, 2.75) is 23.8 Å². The normalized spacial score (nSPS) is 15.1. The lowest BCUT2D eigenvalue weighted by molar-refractivity contribution is -0.121. The van der Waals surface area contributed by atoms with E-state index < -0.39 is 23.7 Å². The summed E-state index contributed by atoms with van der Waals surface area (Å²) < 4.78 is 10.7. The lowest BCUT2D eigenvalue weighted by Crippen LogP contribution is -2.31. The van der Waals surface area contributed by atoms with Gasteiger partial charge in [0.1, 0.15) is 16.7 Å². The number of rotatable bonds is 8. The number of anilines is 1. The Morgan fingerprint density at radius 1 is 1.03 bits per heavy atom. The van der Waals surface area contributed by atoms with Gasteiger partial charge < -0.3 is 9.15 Å². The third-order valence-electron chi connectivity index (χ3n) is 5.68. The number of furan rings is 1. The van der Waals surface area contributed by atoms with Crippen molar-refractivity contribution in [3.05, 3.63) is 89.8 Å². The zero-order valence-electron chi connectivity index (χ0n) is 20.1. The van der Waals surface area contributed by atoms with Crippen LogP contribution in [-0.2, 0) is 14.3 Å². The number of imide groups is 1. The molecule has 0 saturated carbocycles. The Bertz CT molecular complexity index is 1520. The maximum atomic E-state index is 13.1. The third kappa shape index (κ3) is 5.37. The Morgan fingerprint density at radius 3 is 2.50 bits per heavy atom. The summed E-state index contributed by atoms with van der Waals surface area (Å²) in [6, 6.07) is 17.9. The van der Waals surface area contributed by atoms with Gasteiger partial charge in [-0.1, -0.05) is 42.1 Å². The van der Waals surface area contributed by atoms with Crippen LogP contribution in [0.2, 0.25) is 0 Å². The number of aromatic nitrogens is 3. The molecule has 0 bridgehead atoms. The van der Waals surface area contributed by atoms with Gasteiger partial charge in [0.25, 0.3) is 0 Å². The molecule has 2 amide bonds. The Morgan fingerprint density at radius 2 is 1.79 bits per heavy atom. The van der Waals surface area contributed by atoms with Gasteiger partial charge in [-0.3, -0.25) is 14.4 Å². The van der Waals surface area contributed by atoms with E-state index in [1.165, 1.54) is 30.5 Å². The Balaban J connectivity index is 1.22. The average molecular weight is 529 g/mol. The SMILES string of the molecule is Cc1ccc(-c2cnnc(SC3CC(=O)N(c4ccc(C(=O)OCC(=O)c5ccccc5)cc4)C3=O)n2)o1. The Kier molecular flexibility index (Phi) is 7.09. The molecule has 5 rings (SSSR count). The monoisotopic (exact) mass is 528 g/mol. The highest BCUT2D eigenvalue weighted by atomic mass is 32.2. The van der Waals surface area contributed by atoms with Crippen molar-refractivity contribution >= 4 is 41.0 Å². The van der Waals surface area contributed by atoms with Crippen LogP contribution in [0, 0.1) is 6.92 Å². The molecular weight excluding hydrogens is 508 g/mol. The van der Waals surface area contributed by atoms with Crippen LogP contribution in [0.5, 0.6) is 0 Å². The van der Waals surface area contributed by atoms with E-state index in [9.17, 15) is 19.2 Å². The van der Waals surface area contributed by atoms with E-state index in [0.29, 0.717) is 22.7 Å². The quantitative estimate of drug-likeness (QED) is 0.188. The minimum absolute atomic E-state index is 0.0393. The van der Waals surface area contributed by atoms with Crippen LogP contribution in [0.15, 0.2) is 82.5 Å². The summed E-state index contributed by atoms with van der Waals surface area (Å²) in [6.45, 7) is 1.41. The van der Waals surface area contributed by atoms with Crippen LogP contribution in [-0.4, -0.2) is 50.6 Å². The summed E-state index contributed by atoms with van der Waals surface area (Å²) in [6.07, 6.45) is 1.42. The number of carbonyl (C=O) groups excluding carboxylic acids is 4. The van der Waals surface area contributed by atoms with Gasteiger partial charge in [0.05, 0.1) is 17.4 Å². The van der Waals surface area contributed by atoms with E-state index in [0.717, 1.165) is 22.4 Å². The molecule has 0 spiro atoms. The first-order valence-corrected chi connectivity index (χ1v) is 12.4. The number of aryl methyl sites for hydroxylation is 1. The summed E-state index contributed by atoms with van der Waals surface area (Å²) in [7, 11) is 0. The van der Waals surface area contributed by atoms with Gasteiger partial charge in [-0.25, -0.2) is 14.7 Å². The fourth-order valence-corrected chi connectivity index (χ4v) is 4.72. The first-order valence-electron chi connectivity index (χ1n) is 11.5. The van der Waals surface area contributed by atoms with Crippen molar-refractivity contribution < 1.29 is 28.3 Å². The number of hydrogen-bond donors (Lipinski definition) is 0. The second-order valence-electron chi connectivity index (χ2n) is 8.32. The van der Waals surface area contributed by atoms with Gasteiger partial charge in [-0.15, -0.1) is 5.10 Å². The summed E-state index contributed by atoms with van der Waals surface area (Å²) in [5.41, 5.74) is 1.42. The Hall–Kier alpha value is -4.64. The number of amides is 2. The maximum Gasteiger partial charge on any atom is 0.338 e. The first kappa shape index (κ1) is 25.0. The lowest BCUT2D eigenvalue weighted by Gasteiger charge is -2.15. The molecule has 1 fully saturated rings. The van der Waals surface area contributed by atoms with E-state index in [2.05, 4.69) is 15.2 Å². The lowest BCUT2D eigenvalue weighted by atomic mass is 10.1. The number of thioether (sulfide) groups is 1. The molecule has 3 heterocycles. The van der Waals surface area contributed by atoms with Gasteiger partial charge in [0.15, 0.2) is 18.2 Å². The minimum atomic E-state index is -0.730. The Labute approximate surface area is 221 Å². The minimum Gasteiger partial charge on any atom is -0.460 e. The number of hydrogen-bond acceptors (Lipinski definition) is 10. The van der Waals surface area contributed by atoms with E-state index in [-0.39, 0.29) is 28.8 Å². The van der Waals surface area contributed by atoms with Crippen LogP contribution in [0.3, 0.4) is 0 Å². The average Bonchev–Trinajstić information content (AvgIpc) is 3.49. The van der Waals surface area contributed by atoms with E-state index in [1.54, 1.807) is 42.5 Å². The molecule has 2 aromatic heterocycles. The van der Waals surface area contributed by atoms with Crippen LogP contribution in [0.25, 0.3) is 11.5 Å². The number of Topliss-reactive ketones (excluding diaryl/α,β-unsaturated/α-hetero) is 1. The van der Waals surface area contributed by atoms with Gasteiger partial charge in [0.2, 0.25) is 17.0 Å². The standard InChI is InChI=1S/C27H20N4O6S/c1-16-7-12-22(37-16)20-14-28-30-27(29-20)38-23-13-24(33)31(25(23)34)19-10-8-18(9-11-19)26(35)36-15-21(32)17-5-3-2-4-6-17/h2-12,14,23H,13,15H2,1H3. The summed E-state index contributed by atoms with van der Waals surface area (Å²) in [4.78, 5) is 55.8. The molecule has 11 heteroatoms. The second-order valence-corrected chi connectivity index (χ2v) is 9.49. The topological polar surface area (TPSA) is 133 Å². The van der Waals surface area contributed by atoms with Crippen LogP contribution < -0.4 is 4.90 Å². The third-order valence-corrected chi connectivity index (χ3v) is 6.71. The molecule has 2 aromatic carbocycles. The van der Waals surface area contributed by atoms with Crippen molar-refractivity contribution in [3.63, 3.8) is 0 Å². The number of carbonyl (C=O) groups is 4. The molecule has 1 saturated heterocycles. The molecule has 1 unspecified atom stereocenters. The predicted octanol–water partition coefficient (Wildman–Crippen LogP) is 3.90. The van der Waals surface area contributed by atoms with E-state index >= 15 is 0 Å². The molecular formula is C27H20N4O6S. The van der Waals surface area contributed by atoms with Crippen LogP contribution in [0.1, 0.15) is 32.9 Å². The van der Waals surface area contributed by atoms with Crippen molar-refractivity contribution in [2.75, 3.05) is 11.5 Å². The highest BCUT2D eigenvalue weighted by molar-refractivity contribution is 8.00. The maximum absolute atomic E-state index is 13.1. The zero-order valence-corrected chi connectivity index (χ0v) is 20.9. The molecule has 190 valence electrons. The number of benzene rings is 2. The van der Waals surface area contributed by atoms with Gasteiger partial charge in [0, 0.05) is 12.0 Å². The molecule has 0 radical (unpaired) electrons. The van der Waals surface area contributed by atoms with Gasteiger partial charge in [-0.05, 0) is 43.3 Å². The fraction of sp³-hybridized carbons (Fsp3) is 0.148. The second kappa shape index (κ2) is 10.8.